The number of ketones is 6. The lowest BCUT2D eigenvalue weighted by molar-refractivity contribution is -0.117. The summed E-state index contributed by atoms with van der Waals surface area (Å²) in [6.07, 6.45) is 5.68. The fraction of sp³-hybridized carbons (Fsp3) is 0.310. The average Bonchev–Trinajstić information content (AvgIpc) is 0.820. The Morgan fingerprint density at radius 3 is 1.29 bits per heavy atom. The first kappa shape index (κ1) is 80.7. The molecule has 0 bridgehead atoms. The van der Waals surface area contributed by atoms with Crippen molar-refractivity contribution in [2.45, 2.75) is 124 Å². The summed E-state index contributed by atoms with van der Waals surface area (Å²) in [4.78, 5) is 74.5. The number of nitrogens with two attached hydrogens (primary N) is 5. The van der Waals surface area contributed by atoms with Gasteiger partial charge in [-0.3, -0.25) is 44.2 Å². The van der Waals surface area contributed by atoms with Gasteiger partial charge in [-0.15, -0.1) is 0 Å². The molecule has 0 aliphatic carbocycles. The van der Waals surface area contributed by atoms with Crippen LogP contribution < -0.4 is 28.7 Å². The second kappa shape index (κ2) is 37.5. The van der Waals surface area contributed by atoms with Crippen molar-refractivity contribution in [3.8, 4) is 0 Å². The highest BCUT2D eigenvalue weighted by molar-refractivity contribution is 8.14. The Morgan fingerprint density at radius 2 is 0.895 bits per heavy atom. The van der Waals surface area contributed by atoms with E-state index in [1.165, 1.54) is 157 Å². The Morgan fingerprint density at radius 1 is 0.547 bits per heavy atom. The standard InChI is InChI=1S/2C14H17FN2OS.C13H15FO2.C11H14FN3S.C11H11FO2.C8H8FNO/c1-9(18)7-10-3-4-12(15)11(8-10)14(2)5-6-19-13(16)17-14;1-9(5-6-19-14(16)17)12-8-11(7-10(2)18)3-4-13(12)15;1-4-13(3,16)11-8-10(7-9(2)15)5-6-12(11)14;1-11(4-5-16-10(14)15-11)8-6-7(13)2-3-9(8)12;1-7(13)5-9-3-4-11(12)10(6-9)8(2)14;1-5(11)7-4-6(10)2-3-8(7)9/h3-4,8H,5-7H2,1-2H3,(H2,16,17);3-5,8H,6-7H2,1-2H3,(H3,16,17);4-6,8,16H,1,7H2,2-3H3;2-3,6H,4-5,13H2,1H3,(H2,14,15);3-4,6H,5H2,1-2H3;2-4H,10H2,1H3/b;9-5+;;;;. The number of carbonyl (C=O) groups excluding carboxylic acids is 6. The van der Waals surface area contributed by atoms with Crippen LogP contribution in [0.4, 0.5) is 37.7 Å². The van der Waals surface area contributed by atoms with Crippen LogP contribution in [-0.4, -0.2) is 72.6 Å². The van der Waals surface area contributed by atoms with E-state index in [4.69, 9.17) is 34.1 Å². The zero-order valence-electron chi connectivity index (χ0n) is 54.8. The maximum atomic E-state index is 14.1. The van der Waals surface area contributed by atoms with Crippen molar-refractivity contribution >= 4 is 102 Å². The Hall–Kier alpha value is -8.58. The van der Waals surface area contributed by atoms with E-state index in [1.807, 2.05) is 19.9 Å². The van der Waals surface area contributed by atoms with E-state index >= 15 is 0 Å². The van der Waals surface area contributed by atoms with Crippen LogP contribution >= 0.6 is 35.3 Å². The summed E-state index contributed by atoms with van der Waals surface area (Å²) in [7, 11) is 0. The Bertz CT molecular complexity index is 3900. The molecule has 2 heterocycles. The van der Waals surface area contributed by atoms with Crippen molar-refractivity contribution < 1.29 is 60.2 Å². The lowest BCUT2D eigenvalue weighted by Gasteiger charge is -2.30. The highest BCUT2D eigenvalue weighted by atomic mass is 32.2. The number of amidine groups is 3. The molecule has 6 aromatic carbocycles. The summed E-state index contributed by atoms with van der Waals surface area (Å²) < 4.78 is 80.9. The van der Waals surface area contributed by atoms with Gasteiger partial charge in [-0.05, 0) is 189 Å². The minimum atomic E-state index is -1.42. The van der Waals surface area contributed by atoms with Crippen LogP contribution in [0.1, 0.15) is 147 Å². The monoisotopic (exact) mass is 1370 g/mol. The number of hydrogen-bond acceptors (Lipinski definition) is 17. The van der Waals surface area contributed by atoms with Gasteiger partial charge in [0.1, 0.15) is 63.6 Å². The number of nitrogens with one attached hydrogen (secondary N) is 1. The van der Waals surface area contributed by atoms with Gasteiger partial charge in [0.2, 0.25) is 0 Å². The van der Waals surface area contributed by atoms with Gasteiger partial charge < -0.3 is 33.8 Å². The van der Waals surface area contributed by atoms with Crippen molar-refractivity contribution in [1.29, 1.82) is 5.41 Å². The van der Waals surface area contributed by atoms with Crippen LogP contribution in [0.3, 0.4) is 0 Å². The molecule has 24 heteroatoms. The van der Waals surface area contributed by atoms with Gasteiger partial charge in [0.25, 0.3) is 0 Å². The third kappa shape index (κ3) is 27.0. The molecule has 0 fully saturated rings. The first-order chi connectivity index (χ1) is 44.3. The molecule has 0 amide bonds. The van der Waals surface area contributed by atoms with Crippen molar-refractivity contribution in [1.82, 2.24) is 0 Å². The van der Waals surface area contributed by atoms with Gasteiger partial charge in [0.05, 0.1) is 22.2 Å². The number of thioether (sulfide) groups is 3. The van der Waals surface area contributed by atoms with E-state index in [0.29, 0.717) is 68.1 Å². The smallest absolute Gasteiger partial charge is 0.162 e. The molecule has 2 aliphatic heterocycles. The van der Waals surface area contributed by atoms with Crippen LogP contribution in [0.2, 0.25) is 0 Å². The molecule has 12 N–H and O–H groups in total. The van der Waals surface area contributed by atoms with Crippen molar-refractivity contribution in [2.75, 3.05) is 28.7 Å². The molecule has 0 aromatic heterocycles. The number of nitrogens with zero attached hydrogens (tertiary/aromatic N) is 2. The molecule has 2 aliphatic rings. The number of nitrogen functional groups attached to an aromatic ring is 2. The lowest BCUT2D eigenvalue weighted by Crippen LogP contribution is -2.29. The number of anilines is 2. The second-order valence-corrected chi connectivity index (χ2v) is 26.2. The average molecular weight is 1370 g/mol. The maximum Gasteiger partial charge on any atom is 0.162 e. The number of Topliss-reactive ketones (excluding diaryl/α,β-unsaturated/α-hetero) is 6. The van der Waals surface area contributed by atoms with Gasteiger partial charge >= 0.3 is 0 Å². The molecule has 0 saturated carbocycles. The van der Waals surface area contributed by atoms with Crippen molar-refractivity contribution in [3.05, 3.63) is 218 Å². The lowest BCUT2D eigenvalue weighted by atomic mass is 9.87. The maximum absolute atomic E-state index is 14.1. The number of aliphatic hydroxyl groups is 1. The van der Waals surface area contributed by atoms with Crippen LogP contribution in [0.15, 0.2) is 138 Å². The van der Waals surface area contributed by atoms with E-state index in [2.05, 4.69) is 16.6 Å². The number of carbonyl (C=O) groups is 6. The summed E-state index contributed by atoms with van der Waals surface area (Å²) in [5, 5.41) is 18.0. The SMILES string of the molecule is C=CC(C)(O)c1cc(CC(C)=O)ccc1F.CC(=O)Cc1ccc(F)c(/C(C)=C/CSC(=N)N)c1.CC(=O)Cc1ccc(F)c(C(C)=O)c1.CC(=O)Cc1ccc(F)c(C2(C)CCSC(N)=N2)c1.CC(=O)c1cc(N)ccc1F.CC1(c2cc(N)ccc2F)CCSC(N)=N1. The quantitative estimate of drug-likeness (QED) is 0.0112. The number of allylic oxidation sites excluding steroid dienone is 1. The molecule has 95 heavy (non-hydrogen) atoms. The number of aliphatic imine (C=N–C) groups is 2. The van der Waals surface area contributed by atoms with Crippen molar-refractivity contribution in [2.24, 2.45) is 27.2 Å². The van der Waals surface area contributed by atoms with Gasteiger partial charge in [-0.25, -0.2) is 26.3 Å². The summed E-state index contributed by atoms with van der Waals surface area (Å²) in [5.41, 5.74) is 31.5. The zero-order chi connectivity index (χ0) is 71.7. The first-order valence-electron chi connectivity index (χ1n) is 29.5. The second-order valence-electron chi connectivity index (χ2n) is 22.9. The fourth-order valence-corrected chi connectivity index (χ4v) is 11.7. The third-order valence-electron chi connectivity index (χ3n) is 14.2. The Labute approximate surface area is 563 Å². The first-order valence-corrected chi connectivity index (χ1v) is 32.5. The summed E-state index contributed by atoms with van der Waals surface area (Å²) in [6.45, 7) is 19.0. The molecule has 508 valence electrons. The van der Waals surface area contributed by atoms with E-state index < -0.39 is 34.1 Å². The van der Waals surface area contributed by atoms with Crippen molar-refractivity contribution in [3.63, 3.8) is 0 Å². The molecule has 15 nitrogen and oxygen atoms in total. The predicted octanol–water partition coefficient (Wildman–Crippen LogP) is 13.8. The summed E-state index contributed by atoms with van der Waals surface area (Å²) >= 11 is 4.17. The minimum absolute atomic E-state index is 0.00389. The minimum Gasteiger partial charge on any atom is -0.399 e. The number of halogens is 6. The Kier molecular flexibility index (Phi) is 31.8. The van der Waals surface area contributed by atoms with Crippen LogP contribution in [0, 0.1) is 40.3 Å². The van der Waals surface area contributed by atoms with Gasteiger partial charge in [0.15, 0.2) is 27.1 Å². The predicted molar refractivity (Wildman–Crippen MR) is 375 cm³/mol. The molecule has 0 saturated heterocycles. The van der Waals surface area contributed by atoms with Crippen LogP contribution in [0.5, 0.6) is 0 Å². The fourth-order valence-electron chi connectivity index (χ4n) is 9.26. The summed E-state index contributed by atoms with van der Waals surface area (Å²) in [5.74, 6) is -0.790. The molecule has 6 aromatic rings. The number of benzene rings is 6. The van der Waals surface area contributed by atoms with E-state index in [1.54, 1.807) is 49.4 Å². The van der Waals surface area contributed by atoms with Crippen LogP contribution in [0.25, 0.3) is 5.57 Å². The molecular formula is C71H82F6N8O7S3. The molecule has 3 atom stereocenters. The largest absolute Gasteiger partial charge is 0.399 e. The highest BCUT2D eigenvalue weighted by Crippen LogP contribution is 2.38. The Balaban J connectivity index is 0.000000299. The van der Waals surface area contributed by atoms with E-state index in [9.17, 15) is 60.2 Å². The number of rotatable bonds is 17. The molecule has 0 spiro atoms. The molecule has 3 unspecified atom stereocenters. The van der Waals surface area contributed by atoms with Gasteiger partial charge in [-0.2, -0.15) is 0 Å². The van der Waals surface area contributed by atoms with Gasteiger partial charge in [0, 0.05) is 76.6 Å². The topological polar surface area (TPSA) is 301 Å². The van der Waals surface area contributed by atoms with E-state index in [0.717, 1.165) is 41.0 Å². The number of hydrogen-bond donors (Lipinski definition) is 7. The molecule has 8 rings (SSSR count). The highest BCUT2D eigenvalue weighted by Gasteiger charge is 2.34. The normalized spacial score (nSPS) is 16.1. The zero-order valence-corrected chi connectivity index (χ0v) is 57.2. The molecular weight excluding hydrogens is 1290 g/mol. The summed E-state index contributed by atoms with van der Waals surface area (Å²) in [6, 6.07) is 26.5. The van der Waals surface area contributed by atoms with Crippen LogP contribution in [-0.2, 0) is 61.5 Å². The van der Waals surface area contributed by atoms with Gasteiger partial charge in [-0.1, -0.05) is 84.3 Å². The third-order valence-corrected chi connectivity index (χ3v) is 16.5. The molecule has 0 radical (unpaired) electrons. The van der Waals surface area contributed by atoms with E-state index in [-0.39, 0.29) is 86.9 Å².